The van der Waals surface area contributed by atoms with E-state index in [0.717, 1.165) is 50.3 Å². The van der Waals surface area contributed by atoms with Crippen LogP contribution in [0.3, 0.4) is 0 Å². The van der Waals surface area contributed by atoms with Crippen LogP contribution in [0.25, 0.3) is 11.4 Å². The second-order valence-corrected chi connectivity index (χ2v) is 8.34. The molecule has 148 valence electrons. The molecule has 1 atom stereocenters. The first-order valence-electron chi connectivity index (χ1n) is 10.2. The molecule has 2 aliphatic rings. The topological polar surface area (TPSA) is 65.1 Å². The van der Waals surface area contributed by atoms with Gasteiger partial charge < -0.3 is 4.90 Å². The van der Waals surface area contributed by atoms with Gasteiger partial charge in [0, 0.05) is 42.7 Å². The first kappa shape index (κ1) is 18.1. The van der Waals surface area contributed by atoms with E-state index in [-0.39, 0.29) is 11.3 Å². The molecule has 2 aromatic carbocycles. The third kappa shape index (κ3) is 3.68. The van der Waals surface area contributed by atoms with Crippen molar-refractivity contribution in [2.45, 2.75) is 19.4 Å². The van der Waals surface area contributed by atoms with Gasteiger partial charge in [0.05, 0.1) is 0 Å². The van der Waals surface area contributed by atoms with Crippen LogP contribution in [0, 0.1) is 5.41 Å². The summed E-state index contributed by atoms with van der Waals surface area (Å²) in [5.41, 5.74) is 3.21. The largest absolute Gasteiger partial charge is 0.338 e. The van der Waals surface area contributed by atoms with Gasteiger partial charge >= 0.3 is 0 Å². The van der Waals surface area contributed by atoms with Gasteiger partial charge in [-0.05, 0) is 37.1 Å². The van der Waals surface area contributed by atoms with E-state index in [9.17, 15) is 4.79 Å². The van der Waals surface area contributed by atoms with Gasteiger partial charge in [0.1, 0.15) is 6.33 Å². The van der Waals surface area contributed by atoms with Gasteiger partial charge in [0.2, 0.25) is 0 Å². The molecule has 3 aromatic rings. The number of H-pyrrole nitrogens is 1. The van der Waals surface area contributed by atoms with Gasteiger partial charge in [-0.1, -0.05) is 42.5 Å². The lowest BCUT2D eigenvalue weighted by Gasteiger charge is -2.25. The summed E-state index contributed by atoms with van der Waals surface area (Å²) >= 11 is 0. The Labute approximate surface area is 170 Å². The van der Waals surface area contributed by atoms with Gasteiger partial charge in [-0.2, -0.15) is 5.10 Å². The van der Waals surface area contributed by atoms with E-state index in [1.54, 1.807) is 0 Å². The van der Waals surface area contributed by atoms with Crippen molar-refractivity contribution in [3.63, 3.8) is 0 Å². The van der Waals surface area contributed by atoms with E-state index in [0.29, 0.717) is 5.82 Å². The summed E-state index contributed by atoms with van der Waals surface area (Å²) in [4.78, 5) is 21.9. The van der Waals surface area contributed by atoms with Gasteiger partial charge in [-0.25, -0.2) is 4.98 Å². The average molecular weight is 387 g/mol. The average Bonchev–Trinajstić information content (AvgIpc) is 3.51. The highest BCUT2D eigenvalue weighted by Crippen LogP contribution is 2.40. The van der Waals surface area contributed by atoms with Crippen LogP contribution in [0.5, 0.6) is 0 Å². The van der Waals surface area contributed by atoms with E-state index in [1.807, 2.05) is 29.2 Å². The van der Waals surface area contributed by atoms with Crippen LogP contribution in [-0.2, 0) is 6.54 Å². The van der Waals surface area contributed by atoms with Crippen LogP contribution < -0.4 is 0 Å². The van der Waals surface area contributed by atoms with Crippen molar-refractivity contribution >= 4 is 5.91 Å². The van der Waals surface area contributed by atoms with E-state index in [1.165, 1.54) is 18.3 Å². The molecule has 6 heteroatoms. The summed E-state index contributed by atoms with van der Waals surface area (Å²) in [6, 6.07) is 18.3. The molecule has 2 fully saturated rings. The van der Waals surface area contributed by atoms with E-state index in [2.05, 4.69) is 50.4 Å². The highest BCUT2D eigenvalue weighted by molar-refractivity contribution is 5.95. The van der Waals surface area contributed by atoms with Crippen molar-refractivity contribution in [1.29, 1.82) is 0 Å². The third-order valence-electron chi connectivity index (χ3n) is 6.29. The standard InChI is InChI=1S/C23H25N5O/c29-22(20-8-4-7-19(13-20)21-24-17-25-26-21)28-12-10-23(16-28)9-11-27(15-23)14-18-5-2-1-3-6-18/h1-8,13,17H,9-12,14-16H2,(H,24,25,26). The summed E-state index contributed by atoms with van der Waals surface area (Å²) in [7, 11) is 0. The van der Waals surface area contributed by atoms with E-state index >= 15 is 0 Å². The monoisotopic (exact) mass is 387 g/mol. The zero-order valence-electron chi connectivity index (χ0n) is 16.4. The number of carbonyl (C=O) groups is 1. The minimum Gasteiger partial charge on any atom is -0.338 e. The zero-order valence-corrected chi connectivity index (χ0v) is 16.4. The molecule has 1 aromatic heterocycles. The molecular weight excluding hydrogens is 362 g/mol. The van der Waals surface area contributed by atoms with Crippen molar-refractivity contribution in [3.05, 3.63) is 72.1 Å². The van der Waals surface area contributed by atoms with Gasteiger partial charge in [0.25, 0.3) is 5.91 Å². The Balaban J connectivity index is 1.25. The predicted octanol–water partition coefficient (Wildman–Crippen LogP) is 3.21. The molecule has 0 radical (unpaired) electrons. The summed E-state index contributed by atoms with van der Waals surface area (Å²) in [6.45, 7) is 4.87. The maximum Gasteiger partial charge on any atom is 0.253 e. The Morgan fingerprint density at radius 2 is 1.90 bits per heavy atom. The van der Waals surface area contributed by atoms with E-state index < -0.39 is 0 Å². The van der Waals surface area contributed by atoms with Crippen molar-refractivity contribution < 1.29 is 4.79 Å². The predicted molar refractivity (Wildman–Crippen MR) is 111 cm³/mol. The van der Waals surface area contributed by atoms with Gasteiger partial charge in [0.15, 0.2) is 5.82 Å². The second-order valence-electron chi connectivity index (χ2n) is 8.34. The van der Waals surface area contributed by atoms with Crippen molar-refractivity contribution in [2.24, 2.45) is 5.41 Å². The fourth-order valence-electron chi connectivity index (χ4n) is 4.77. The SMILES string of the molecule is O=C(c1cccc(-c2ncn[nH]2)c1)N1CCC2(CCN(Cc3ccccc3)C2)C1. The fraction of sp³-hybridized carbons (Fsp3) is 0.348. The molecule has 6 nitrogen and oxygen atoms in total. The zero-order chi connectivity index (χ0) is 19.7. The summed E-state index contributed by atoms with van der Waals surface area (Å²) in [5, 5.41) is 6.76. The normalized spacial score (nSPS) is 21.9. The molecule has 2 aliphatic heterocycles. The van der Waals surface area contributed by atoms with Gasteiger partial charge in [-0.15, -0.1) is 0 Å². The van der Waals surface area contributed by atoms with Crippen LogP contribution in [-0.4, -0.2) is 57.1 Å². The number of hydrogen-bond donors (Lipinski definition) is 1. The Bertz CT molecular complexity index is 988. The van der Waals surface area contributed by atoms with Crippen LogP contribution in [0.2, 0.25) is 0 Å². The minimum absolute atomic E-state index is 0.116. The number of nitrogens with one attached hydrogen (secondary N) is 1. The number of rotatable bonds is 4. The van der Waals surface area contributed by atoms with Crippen molar-refractivity contribution in [1.82, 2.24) is 25.0 Å². The first-order valence-corrected chi connectivity index (χ1v) is 10.2. The first-order chi connectivity index (χ1) is 14.2. The van der Waals surface area contributed by atoms with Crippen molar-refractivity contribution in [2.75, 3.05) is 26.2 Å². The summed E-state index contributed by atoms with van der Waals surface area (Å²) < 4.78 is 0. The molecule has 2 saturated heterocycles. The smallest absolute Gasteiger partial charge is 0.253 e. The lowest BCUT2D eigenvalue weighted by molar-refractivity contribution is 0.0773. The molecule has 3 heterocycles. The molecule has 0 saturated carbocycles. The van der Waals surface area contributed by atoms with Crippen molar-refractivity contribution in [3.8, 4) is 11.4 Å². The number of amides is 1. The number of aromatic nitrogens is 3. The summed E-state index contributed by atoms with van der Waals surface area (Å²) in [6.07, 6.45) is 3.74. The molecule has 1 spiro atoms. The molecule has 5 rings (SSSR count). The Morgan fingerprint density at radius 1 is 1.03 bits per heavy atom. The number of nitrogens with zero attached hydrogens (tertiary/aromatic N) is 4. The molecule has 1 N–H and O–H groups in total. The lowest BCUT2D eigenvalue weighted by atomic mass is 9.86. The lowest BCUT2D eigenvalue weighted by Crippen LogP contribution is -2.34. The maximum atomic E-state index is 13.1. The molecule has 1 amide bonds. The number of aromatic amines is 1. The molecular formula is C23H25N5O. The Hall–Kier alpha value is -2.99. The number of benzene rings is 2. The molecule has 0 aliphatic carbocycles. The molecule has 29 heavy (non-hydrogen) atoms. The number of hydrogen-bond acceptors (Lipinski definition) is 4. The summed E-state index contributed by atoms with van der Waals surface area (Å²) in [5.74, 6) is 0.801. The highest BCUT2D eigenvalue weighted by atomic mass is 16.2. The number of carbonyl (C=O) groups excluding carboxylic acids is 1. The van der Waals surface area contributed by atoms with E-state index in [4.69, 9.17) is 0 Å². The van der Waals surface area contributed by atoms with Crippen LogP contribution >= 0.6 is 0 Å². The minimum atomic E-state index is 0.116. The van der Waals surface area contributed by atoms with Gasteiger partial charge in [-0.3, -0.25) is 14.8 Å². The van der Waals surface area contributed by atoms with Crippen LogP contribution in [0.15, 0.2) is 60.9 Å². The second kappa shape index (κ2) is 7.44. The van der Waals surface area contributed by atoms with Crippen LogP contribution in [0.4, 0.5) is 0 Å². The third-order valence-corrected chi connectivity index (χ3v) is 6.29. The molecule has 1 unspecified atom stereocenters. The fourth-order valence-corrected chi connectivity index (χ4v) is 4.77. The number of likely N-dealkylation sites (tertiary alicyclic amines) is 2. The molecule has 0 bridgehead atoms. The Kier molecular flexibility index (Phi) is 4.64. The highest BCUT2D eigenvalue weighted by Gasteiger charge is 2.44. The van der Waals surface area contributed by atoms with Crippen LogP contribution in [0.1, 0.15) is 28.8 Å². The maximum absolute atomic E-state index is 13.1. The quantitative estimate of drug-likeness (QED) is 0.747. The Morgan fingerprint density at radius 3 is 2.72 bits per heavy atom.